The minimum atomic E-state index is 0.739. The van der Waals surface area contributed by atoms with Crippen molar-refractivity contribution in [1.82, 2.24) is 14.4 Å². The molecule has 0 bridgehead atoms. The van der Waals surface area contributed by atoms with Crippen LogP contribution in [0.25, 0.3) is 102 Å². The number of nitrogens with zero attached hydrogens (tertiary/aromatic N) is 3. The Kier molecular flexibility index (Phi) is 5.70. The maximum Gasteiger partial charge on any atom is 0.160 e. The van der Waals surface area contributed by atoms with Crippen LogP contribution in [0.2, 0.25) is 0 Å². The van der Waals surface area contributed by atoms with Crippen LogP contribution in [0.4, 0.5) is 0 Å². The number of fused-ring (bicyclic) bond motifs is 13. The third kappa shape index (κ3) is 3.88. The van der Waals surface area contributed by atoms with E-state index >= 15 is 0 Å². The molecule has 0 fully saturated rings. The molecular formula is C44H25N3S2. The molecule has 0 amide bonds. The van der Waals surface area contributed by atoms with Crippen molar-refractivity contribution in [1.29, 1.82) is 0 Å². The number of hydrogen-bond acceptors (Lipinski definition) is 4. The SMILES string of the molecule is c1ccc(-c2nc(-c3ccc4c(c3)c3c(-c5ccccc5)c5ccccc5n3c3sc5ccccc5c43)nc3c2sc2ccccc23)cc1. The van der Waals surface area contributed by atoms with Crippen LogP contribution >= 0.6 is 22.7 Å². The standard InChI is InChI=1S/C44H25N3S2/c1-3-13-26(14-4-1)37-30-17-7-10-20-34(30)47-41(37)33-25-28(23-24-29(33)38-31-18-8-11-21-35(31)49-44(38)47)43-45-39(27-15-5-2-6-16-27)42-40(46-43)32-19-9-12-22-36(32)48-42/h1-25H. The Bertz CT molecular complexity index is 3100. The van der Waals surface area contributed by atoms with Crippen LogP contribution in [0.1, 0.15) is 0 Å². The Morgan fingerprint density at radius 3 is 1.92 bits per heavy atom. The summed E-state index contributed by atoms with van der Waals surface area (Å²) in [5.41, 5.74) is 8.98. The summed E-state index contributed by atoms with van der Waals surface area (Å²) >= 11 is 3.64. The summed E-state index contributed by atoms with van der Waals surface area (Å²) in [6.45, 7) is 0. The van der Waals surface area contributed by atoms with Gasteiger partial charge in [-0.15, -0.1) is 22.7 Å². The molecule has 0 aliphatic rings. The quantitative estimate of drug-likeness (QED) is 0.189. The lowest BCUT2D eigenvalue weighted by Crippen LogP contribution is -1.95. The number of thiophene rings is 2. The summed E-state index contributed by atoms with van der Waals surface area (Å²) in [6, 6.07) is 54.4. The molecule has 228 valence electrons. The van der Waals surface area contributed by atoms with Crippen molar-refractivity contribution in [3.8, 4) is 33.8 Å². The van der Waals surface area contributed by atoms with Gasteiger partial charge in [0.25, 0.3) is 0 Å². The van der Waals surface area contributed by atoms with Gasteiger partial charge in [0, 0.05) is 53.0 Å². The molecule has 3 nitrogen and oxygen atoms in total. The van der Waals surface area contributed by atoms with E-state index in [2.05, 4.69) is 156 Å². The van der Waals surface area contributed by atoms with Gasteiger partial charge in [0.2, 0.25) is 0 Å². The molecule has 0 radical (unpaired) electrons. The Hall–Kier alpha value is -5.88. The molecule has 0 atom stereocenters. The van der Waals surface area contributed by atoms with Gasteiger partial charge in [-0.1, -0.05) is 127 Å². The molecular weight excluding hydrogens is 635 g/mol. The van der Waals surface area contributed by atoms with E-state index < -0.39 is 0 Å². The van der Waals surface area contributed by atoms with Crippen molar-refractivity contribution in [2.75, 3.05) is 0 Å². The molecule has 0 aliphatic heterocycles. The van der Waals surface area contributed by atoms with Crippen molar-refractivity contribution in [2.45, 2.75) is 0 Å². The minimum Gasteiger partial charge on any atom is -0.299 e. The van der Waals surface area contributed by atoms with Crippen molar-refractivity contribution in [2.24, 2.45) is 0 Å². The van der Waals surface area contributed by atoms with Crippen molar-refractivity contribution in [3.63, 3.8) is 0 Å². The van der Waals surface area contributed by atoms with Gasteiger partial charge in [-0.2, -0.15) is 0 Å². The molecule has 0 spiro atoms. The first-order valence-corrected chi connectivity index (χ1v) is 18.1. The largest absolute Gasteiger partial charge is 0.299 e. The normalized spacial score (nSPS) is 12.1. The predicted molar refractivity (Wildman–Crippen MR) is 210 cm³/mol. The van der Waals surface area contributed by atoms with Gasteiger partial charge in [0.1, 0.15) is 4.83 Å². The lowest BCUT2D eigenvalue weighted by Gasteiger charge is -2.12. The summed E-state index contributed by atoms with van der Waals surface area (Å²) in [6.07, 6.45) is 0. The van der Waals surface area contributed by atoms with E-state index in [4.69, 9.17) is 9.97 Å². The Morgan fingerprint density at radius 1 is 0.469 bits per heavy atom. The fourth-order valence-electron chi connectivity index (χ4n) is 7.66. The predicted octanol–water partition coefficient (Wildman–Crippen LogP) is 12.8. The number of pyridine rings is 1. The molecule has 0 N–H and O–H groups in total. The second-order valence-electron chi connectivity index (χ2n) is 12.5. The van der Waals surface area contributed by atoms with Gasteiger partial charge < -0.3 is 0 Å². The zero-order valence-corrected chi connectivity index (χ0v) is 27.7. The van der Waals surface area contributed by atoms with Gasteiger partial charge in [0.05, 0.1) is 26.9 Å². The van der Waals surface area contributed by atoms with Crippen LogP contribution in [-0.4, -0.2) is 14.4 Å². The first-order chi connectivity index (χ1) is 24.3. The van der Waals surface area contributed by atoms with Gasteiger partial charge in [-0.25, -0.2) is 9.97 Å². The van der Waals surface area contributed by atoms with E-state index in [1.165, 1.54) is 68.7 Å². The Balaban J connectivity index is 1.31. The second-order valence-corrected chi connectivity index (χ2v) is 14.6. The first kappa shape index (κ1) is 27.1. The van der Waals surface area contributed by atoms with E-state index in [9.17, 15) is 0 Å². The maximum atomic E-state index is 5.34. The van der Waals surface area contributed by atoms with Gasteiger partial charge >= 0.3 is 0 Å². The van der Waals surface area contributed by atoms with Crippen LogP contribution in [0, 0.1) is 0 Å². The molecule has 6 aromatic carbocycles. The van der Waals surface area contributed by atoms with Crippen LogP contribution in [0.5, 0.6) is 0 Å². The molecule has 0 saturated carbocycles. The molecule has 0 aliphatic carbocycles. The fourth-order valence-corrected chi connectivity index (χ4v) is 10.1. The van der Waals surface area contributed by atoms with E-state index in [0.29, 0.717) is 0 Å². The minimum absolute atomic E-state index is 0.739. The smallest absolute Gasteiger partial charge is 0.160 e. The molecule has 5 heteroatoms. The third-order valence-electron chi connectivity index (χ3n) is 9.79. The highest BCUT2D eigenvalue weighted by Gasteiger charge is 2.23. The maximum absolute atomic E-state index is 5.34. The fraction of sp³-hybridized carbons (Fsp3) is 0. The Labute approximate surface area is 289 Å². The number of rotatable bonds is 3. The zero-order valence-electron chi connectivity index (χ0n) is 26.1. The summed E-state index contributed by atoms with van der Waals surface area (Å²) in [7, 11) is 0. The molecule has 5 heterocycles. The molecule has 0 unspecified atom stereocenters. The summed E-state index contributed by atoms with van der Waals surface area (Å²) in [5, 5.41) is 7.44. The monoisotopic (exact) mass is 659 g/mol. The number of hydrogen-bond donors (Lipinski definition) is 0. The summed E-state index contributed by atoms with van der Waals surface area (Å²) in [4.78, 5) is 11.9. The average molecular weight is 660 g/mol. The van der Waals surface area contributed by atoms with Crippen LogP contribution in [0.3, 0.4) is 0 Å². The van der Waals surface area contributed by atoms with Crippen molar-refractivity contribution in [3.05, 3.63) is 152 Å². The van der Waals surface area contributed by atoms with Gasteiger partial charge in [-0.3, -0.25) is 4.40 Å². The van der Waals surface area contributed by atoms with E-state index in [-0.39, 0.29) is 0 Å². The molecule has 11 aromatic rings. The van der Waals surface area contributed by atoms with E-state index in [1.54, 1.807) is 11.3 Å². The molecule has 11 rings (SSSR count). The highest BCUT2D eigenvalue weighted by molar-refractivity contribution is 7.26. The summed E-state index contributed by atoms with van der Waals surface area (Å²) in [5.74, 6) is 0.739. The van der Waals surface area contributed by atoms with Gasteiger partial charge in [0.15, 0.2) is 5.82 Å². The topological polar surface area (TPSA) is 30.2 Å². The molecule has 0 saturated heterocycles. The van der Waals surface area contributed by atoms with Crippen molar-refractivity contribution < 1.29 is 0 Å². The average Bonchev–Trinajstić information content (AvgIpc) is 3.85. The van der Waals surface area contributed by atoms with E-state index in [0.717, 1.165) is 32.9 Å². The lowest BCUT2D eigenvalue weighted by atomic mass is 9.97. The molecule has 5 aromatic heterocycles. The zero-order chi connectivity index (χ0) is 32.1. The highest BCUT2D eigenvalue weighted by atomic mass is 32.1. The second kappa shape index (κ2) is 10.3. The molecule has 49 heavy (non-hydrogen) atoms. The Morgan fingerprint density at radius 2 is 1.12 bits per heavy atom. The number of benzene rings is 6. The third-order valence-corrected chi connectivity index (χ3v) is 12.1. The van der Waals surface area contributed by atoms with Crippen LogP contribution in [0.15, 0.2) is 152 Å². The summed E-state index contributed by atoms with van der Waals surface area (Å²) < 4.78 is 6.14. The van der Waals surface area contributed by atoms with Crippen LogP contribution in [-0.2, 0) is 0 Å². The number of para-hydroxylation sites is 1. The van der Waals surface area contributed by atoms with E-state index in [1.807, 2.05) is 11.3 Å². The first-order valence-electron chi connectivity index (χ1n) is 16.4. The van der Waals surface area contributed by atoms with Crippen LogP contribution < -0.4 is 0 Å². The van der Waals surface area contributed by atoms with Gasteiger partial charge in [-0.05, 0) is 35.2 Å². The lowest BCUT2D eigenvalue weighted by molar-refractivity contribution is 1.24. The number of aromatic nitrogens is 3. The highest BCUT2D eigenvalue weighted by Crippen LogP contribution is 2.47. The van der Waals surface area contributed by atoms with Crippen molar-refractivity contribution >= 4 is 90.5 Å².